The lowest BCUT2D eigenvalue weighted by Gasteiger charge is -2.12. The smallest absolute Gasteiger partial charge is 0.257 e. The molecule has 0 radical (unpaired) electrons. The Bertz CT molecular complexity index is 934. The van der Waals surface area contributed by atoms with Crippen LogP contribution in [0.2, 0.25) is 0 Å². The number of aryl methyl sites for hydroxylation is 2. The summed E-state index contributed by atoms with van der Waals surface area (Å²) in [6, 6.07) is 19.1. The third-order valence-corrected chi connectivity index (χ3v) is 3.97. The maximum atomic E-state index is 12.6. The number of carbonyl (C=O) groups is 1. The number of aromatic nitrogens is 1. The molecule has 0 aliphatic heterocycles. The fourth-order valence-electron chi connectivity index (χ4n) is 2.52. The molecule has 27 heavy (non-hydrogen) atoms. The summed E-state index contributed by atoms with van der Waals surface area (Å²) in [5.41, 5.74) is 4.64. The number of anilines is 1. The Morgan fingerprint density at radius 1 is 1.00 bits per heavy atom. The molecule has 1 amide bonds. The average molecular weight is 358 g/mol. The van der Waals surface area contributed by atoms with Gasteiger partial charge in [0, 0.05) is 23.6 Å². The second-order valence-corrected chi connectivity index (χ2v) is 6.34. The Labute approximate surface area is 159 Å². The van der Waals surface area contributed by atoms with Gasteiger partial charge in [0.1, 0.15) is 0 Å². The minimum Gasteiger partial charge on any atom is -0.326 e. The van der Waals surface area contributed by atoms with Gasteiger partial charge in [-0.15, -0.1) is 0 Å². The zero-order chi connectivity index (χ0) is 19.1. The average Bonchev–Trinajstić information content (AvgIpc) is 2.67. The van der Waals surface area contributed by atoms with E-state index in [2.05, 4.69) is 20.6 Å². The van der Waals surface area contributed by atoms with E-state index in [-0.39, 0.29) is 5.91 Å². The molecule has 0 saturated carbocycles. The minimum atomic E-state index is -0.208. The number of nitrogens with zero attached hydrogens (tertiary/aromatic N) is 2. The number of rotatable bonds is 4. The second-order valence-electron chi connectivity index (χ2n) is 6.34. The van der Waals surface area contributed by atoms with Crippen molar-refractivity contribution in [2.24, 2.45) is 4.99 Å². The molecule has 5 nitrogen and oxygen atoms in total. The highest BCUT2D eigenvalue weighted by molar-refractivity contribution is 6.09. The summed E-state index contributed by atoms with van der Waals surface area (Å²) in [4.78, 5) is 21.2. The predicted molar refractivity (Wildman–Crippen MR) is 109 cm³/mol. The molecule has 2 N–H and O–H groups in total. The van der Waals surface area contributed by atoms with E-state index in [1.807, 2.05) is 62.4 Å². The van der Waals surface area contributed by atoms with Crippen LogP contribution in [0.15, 0.2) is 78.0 Å². The first-order chi connectivity index (χ1) is 13.1. The van der Waals surface area contributed by atoms with Gasteiger partial charge < -0.3 is 5.32 Å². The number of carbonyl (C=O) groups excluding carboxylic acids is 1. The Balaban J connectivity index is 1.79. The molecule has 0 aliphatic rings. The van der Waals surface area contributed by atoms with Crippen LogP contribution in [0.5, 0.6) is 0 Å². The summed E-state index contributed by atoms with van der Waals surface area (Å²) in [7, 11) is 0. The SMILES string of the molecule is Cc1ccc(C(=O)NC(=NCc2cccnc2)Nc2cccc(C)c2)cc1. The molecule has 136 valence electrons. The number of amides is 1. The van der Waals surface area contributed by atoms with Gasteiger partial charge in [0.05, 0.1) is 6.54 Å². The quantitative estimate of drug-likeness (QED) is 0.545. The van der Waals surface area contributed by atoms with Crippen molar-refractivity contribution in [3.05, 3.63) is 95.3 Å². The molecule has 3 aromatic rings. The zero-order valence-electron chi connectivity index (χ0n) is 15.4. The van der Waals surface area contributed by atoms with E-state index in [1.54, 1.807) is 24.5 Å². The van der Waals surface area contributed by atoms with Gasteiger partial charge in [-0.1, -0.05) is 35.9 Å². The highest BCUT2D eigenvalue weighted by atomic mass is 16.1. The van der Waals surface area contributed by atoms with Gasteiger partial charge in [-0.05, 0) is 55.3 Å². The van der Waals surface area contributed by atoms with Gasteiger partial charge in [0.2, 0.25) is 5.96 Å². The van der Waals surface area contributed by atoms with Gasteiger partial charge in [-0.25, -0.2) is 4.99 Å². The van der Waals surface area contributed by atoms with Gasteiger partial charge in [0.15, 0.2) is 0 Å². The molecule has 0 unspecified atom stereocenters. The van der Waals surface area contributed by atoms with Gasteiger partial charge in [0.25, 0.3) is 5.91 Å². The predicted octanol–water partition coefficient (Wildman–Crippen LogP) is 4.10. The van der Waals surface area contributed by atoms with Crippen LogP contribution >= 0.6 is 0 Å². The number of pyridine rings is 1. The van der Waals surface area contributed by atoms with Gasteiger partial charge in [-0.3, -0.25) is 15.1 Å². The van der Waals surface area contributed by atoms with E-state index in [1.165, 1.54) is 0 Å². The van der Waals surface area contributed by atoms with E-state index >= 15 is 0 Å². The summed E-state index contributed by atoms with van der Waals surface area (Å²) >= 11 is 0. The van der Waals surface area contributed by atoms with Gasteiger partial charge >= 0.3 is 0 Å². The largest absolute Gasteiger partial charge is 0.326 e. The van der Waals surface area contributed by atoms with Crippen LogP contribution in [0.4, 0.5) is 5.69 Å². The van der Waals surface area contributed by atoms with E-state index in [4.69, 9.17) is 0 Å². The standard InChI is InChI=1S/C22H22N4O/c1-16-8-10-19(11-9-16)21(27)26-22(24-15-18-6-4-12-23-14-18)25-20-7-3-5-17(2)13-20/h3-14H,15H2,1-2H3,(H2,24,25,26,27). The Morgan fingerprint density at radius 3 is 2.52 bits per heavy atom. The first-order valence-corrected chi connectivity index (χ1v) is 8.75. The van der Waals surface area contributed by atoms with E-state index < -0.39 is 0 Å². The molecule has 0 aliphatic carbocycles. The van der Waals surface area contributed by atoms with Crippen LogP contribution in [0.25, 0.3) is 0 Å². The highest BCUT2D eigenvalue weighted by Gasteiger charge is 2.09. The lowest BCUT2D eigenvalue weighted by Crippen LogP contribution is -2.36. The fourth-order valence-corrected chi connectivity index (χ4v) is 2.52. The summed E-state index contributed by atoms with van der Waals surface area (Å²) in [5.74, 6) is 0.190. The number of guanidine groups is 1. The zero-order valence-corrected chi connectivity index (χ0v) is 15.4. The molecule has 0 atom stereocenters. The number of hydrogen-bond donors (Lipinski definition) is 2. The third kappa shape index (κ3) is 5.51. The molecule has 0 fully saturated rings. The Kier molecular flexibility index (Phi) is 5.94. The molecule has 5 heteroatoms. The molecular weight excluding hydrogens is 336 g/mol. The number of hydrogen-bond acceptors (Lipinski definition) is 3. The minimum absolute atomic E-state index is 0.208. The van der Waals surface area contributed by atoms with Crippen molar-refractivity contribution in [3.8, 4) is 0 Å². The maximum Gasteiger partial charge on any atom is 0.257 e. The number of nitrogens with one attached hydrogen (secondary N) is 2. The van der Waals surface area contributed by atoms with Crippen molar-refractivity contribution in [1.82, 2.24) is 10.3 Å². The van der Waals surface area contributed by atoms with Crippen molar-refractivity contribution in [3.63, 3.8) is 0 Å². The summed E-state index contributed by atoms with van der Waals surface area (Å²) in [5, 5.41) is 6.07. The van der Waals surface area contributed by atoms with Crippen molar-refractivity contribution in [1.29, 1.82) is 0 Å². The summed E-state index contributed by atoms with van der Waals surface area (Å²) in [6.07, 6.45) is 3.48. The topological polar surface area (TPSA) is 66.4 Å². The van der Waals surface area contributed by atoms with Crippen molar-refractivity contribution in [2.45, 2.75) is 20.4 Å². The summed E-state index contributed by atoms with van der Waals surface area (Å²) < 4.78 is 0. The highest BCUT2D eigenvalue weighted by Crippen LogP contribution is 2.10. The monoisotopic (exact) mass is 358 g/mol. The van der Waals surface area contributed by atoms with E-state index in [0.29, 0.717) is 18.1 Å². The normalized spacial score (nSPS) is 11.1. The Morgan fingerprint density at radius 2 is 1.81 bits per heavy atom. The molecule has 1 heterocycles. The number of aliphatic imine (C=N–C) groups is 1. The maximum absolute atomic E-state index is 12.6. The van der Waals surface area contributed by atoms with Crippen LogP contribution < -0.4 is 10.6 Å². The van der Waals surface area contributed by atoms with Crippen molar-refractivity contribution in [2.75, 3.05) is 5.32 Å². The summed E-state index contributed by atoms with van der Waals surface area (Å²) in [6.45, 7) is 4.42. The molecule has 2 aromatic carbocycles. The lowest BCUT2D eigenvalue weighted by atomic mass is 10.1. The molecule has 0 saturated heterocycles. The van der Waals surface area contributed by atoms with Crippen LogP contribution in [0.1, 0.15) is 27.0 Å². The second kappa shape index (κ2) is 8.76. The van der Waals surface area contributed by atoms with Gasteiger partial charge in [-0.2, -0.15) is 0 Å². The first kappa shape index (κ1) is 18.3. The fraction of sp³-hybridized carbons (Fsp3) is 0.136. The molecule has 1 aromatic heterocycles. The number of benzene rings is 2. The van der Waals surface area contributed by atoms with Crippen molar-refractivity contribution >= 4 is 17.6 Å². The van der Waals surface area contributed by atoms with Crippen molar-refractivity contribution < 1.29 is 4.79 Å². The molecule has 0 spiro atoms. The first-order valence-electron chi connectivity index (χ1n) is 8.75. The molecule has 3 rings (SSSR count). The molecular formula is C22H22N4O. The van der Waals surface area contributed by atoms with E-state index in [0.717, 1.165) is 22.4 Å². The van der Waals surface area contributed by atoms with Crippen LogP contribution in [-0.2, 0) is 6.54 Å². The lowest BCUT2D eigenvalue weighted by molar-refractivity contribution is 0.0977. The van der Waals surface area contributed by atoms with Crippen LogP contribution in [-0.4, -0.2) is 16.9 Å². The van der Waals surface area contributed by atoms with Crippen LogP contribution in [0, 0.1) is 13.8 Å². The Hall–Kier alpha value is -3.47. The van der Waals surface area contributed by atoms with E-state index in [9.17, 15) is 4.79 Å². The molecule has 0 bridgehead atoms. The third-order valence-electron chi connectivity index (χ3n) is 3.97. The van der Waals surface area contributed by atoms with Crippen LogP contribution in [0.3, 0.4) is 0 Å².